The average Bonchev–Trinajstić information content (AvgIpc) is 2.68. The topological polar surface area (TPSA) is 120 Å². The fourth-order valence-corrected chi connectivity index (χ4v) is 2.48. The molecule has 3 rings (SSSR count). The number of morpholine rings is 1. The number of anilines is 3. The third-order valence-electron chi connectivity index (χ3n) is 3.78. The lowest BCUT2D eigenvalue weighted by Crippen LogP contribution is -2.36. The summed E-state index contributed by atoms with van der Waals surface area (Å²) >= 11 is 0. The van der Waals surface area contributed by atoms with Crippen molar-refractivity contribution in [2.75, 3.05) is 48.9 Å². The molecule has 1 aromatic heterocycles. The fraction of sp³-hybridized carbons (Fsp3) is 0.294. The van der Waals surface area contributed by atoms with Crippen molar-refractivity contribution >= 4 is 29.1 Å². The van der Waals surface area contributed by atoms with Crippen molar-refractivity contribution in [2.45, 2.75) is 0 Å². The van der Waals surface area contributed by atoms with Gasteiger partial charge in [-0.1, -0.05) is 0 Å². The molecule has 0 bridgehead atoms. The van der Waals surface area contributed by atoms with Crippen LogP contribution in [0, 0.1) is 0 Å². The number of amides is 1. The van der Waals surface area contributed by atoms with Gasteiger partial charge in [0.25, 0.3) is 5.91 Å². The van der Waals surface area contributed by atoms with Crippen molar-refractivity contribution in [2.24, 2.45) is 0 Å². The largest absolute Gasteiger partial charge is 0.451 e. The lowest BCUT2D eigenvalue weighted by atomic mass is 10.2. The van der Waals surface area contributed by atoms with E-state index in [0.29, 0.717) is 18.9 Å². The second-order valence-corrected chi connectivity index (χ2v) is 5.56. The summed E-state index contributed by atoms with van der Waals surface area (Å²) in [6.07, 6.45) is 2.68. The first kappa shape index (κ1) is 17.6. The number of esters is 1. The van der Waals surface area contributed by atoms with Crippen molar-refractivity contribution in [1.82, 2.24) is 9.97 Å². The monoisotopic (exact) mass is 357 g/mol. The fourth-order valence-electron chi connectivity index (χ4n) is 2.48. The number of rotatable bonds is 5. The summed E-state index contributed by atoms with van der Waals surface area (Å²) in [6, 6.07) is 7.44. The van der Waals surface area contributed by atoms with Gasteiger partial charge >= 0.3 is 5.97 Å². The quantitative estimate of drug-likeness (QED) is 0.750. The number of aromatic nitrogens is 2. The van der Waals surface area contributed by atoms with Crippen LogP contribution in [0.2, 0.25) is 0 Å². The molecule has 0 atom stereocenters. The minimum Gasteiger partial charge on any atom is -0.451 e. The highest BCUT2D eigenvalue weighted by molar-refractivity contribution is 5.96. The van der Waals surface area contributed by atoms with Crippen LogP contribution < -0.4 is 16.0 Å². The van der Waals surface area contributed by atoms with Crippen LogP contribution >= 0.6 is 0 Å². The van der Waals surface area contributed by atoms with Gasteiger partial charge in [0.2, 0.25) is 0 Å². The van der Waals surface area contributed by atoms with Crippen LogP contribution in [-0.4, -0.2) is 54.8 Å². The first-order valence-electron chi connectivity index (χ1n) is 8.10. The third kappa shape index (κ3) is 4.45. The molecule has 136 valence electrons. The zero-order valence-electron chi connectivity index (χ0n) is 14.1. The molecule has 9 nitrogen and oxygen atoms in total. The van der Waals surface area contributed by atoms with Gasteiger partial charge < -0.3 is 25.4 Å². The maximum absolute atomic E-state index is 11.9. The normalized spacial score (nSPS) is 13.9. The van der Waals surface area contributed by atoms with Crippen molar-refractivity contribution in [3.63, 3.8) is 0 Å². The molecule has 0 unspecified atom stereocenters. The third-order valence-corrected chi connectivity index (χ3v) is 3.78. The Bertz CT molecular complexity index is 775. The number of carbonyl (C=O) groups excluding carboxylic acids is 2. The van der Waals surface area contributed by atoms with E-state index in [0.717, 1.165) is 18.8 Å². The number of benzene rings is 1. The summed E-state index contributed by atoms with van der Waals surface area (Å²) in [5.74, 6) is -1.30. The van der Waals surface area contributed by atoms with E-state index in [4.69, 9.17) is 15.2 Å². The predicted molar refractivity (Wildman–Crippen MR) is 94.8 cm³/mol. The molecule has 1 aliphatic heterocycles. The van der Waals surface area contributed by atoms with Crippen LogP contribution in [-0.2, 0) is 14.3 Å². The van der Waals surface area contributed by atoms with Crippen LogP contribution in [0.15, 0.2) is 36.7 Å². The van der Waals surface area contributed by atoms with E-state index in [-0.39, 0.29) is 11.5 Å². The van der Waals surface area contributed by atoms with Crippen LogP contribution in [0.4, 0.5) is 17.2 Å². The highest BCUT2D eigenvalue weighted by Gasteiger charge is 2.16. The van der Waals surface area contributed by atoms with Gasteiger partial charge in [-0.05, 0) is 24.3 Å². The highest BCUT2D eigenvalue weighted by atomic mass is 16.5. The van der Waals surface area contributed by atoms with Crippen LogP contribution in [0.5, 0.6) is 0 Å². The van der Waals surface area contributed by atoms with Gasteiger partial charge in [-0.15, -0.1) is 0 Å². The molecule has 2 aromatic rings. The SMILES string of the molecule is Nc1nccnc1C(=O)OCC(=O)Nc1ccc(N2CCOCC2)cc1. The first-order chi connectivity index (χ1) is 12.6. The Labute approximate surface area is 150 Å². The molecule has 9 heteroatoms. The molecule has 1 aliphatic rings. The summed E-state index contributed by atoms with van der Waals surface area (Å²) in [7, 11) is 0. The number of hydrogen-bond acceptors (Lipinski definition) is 8. The Kier molecular flexibility index (Phi) is 5.59. The summed E-state index contributed by atoms with van der Waals surface area (Å²) in [6.45, 7) is 2.65. The molecular formula is C17H19N5O4. The van der Waals surface area contributed by atoms with Crippen molar-refractivity contribution in [3.8, 4) is 0 Å². The highest BCUT2D eigenvalue weighted by Crippen LogP contribution is 2.19. The number of nitrogens with zero attached hydrogens (tertiary/aromatic N) is 3. The van der Waals surface area contributed by atoms with Gasteiger partial charge in [-0.3, -0.25) is 4.79 Å². The van der Waals surface area contributed by atoms with Crippen LogP contribution in [0.1, 0.15) is 10.5 Å². The zero-order chi connectivity index (χ0) is 18.4. The Morgan fingerprint density at radius 2 is 1.85 bits per heavy atom. The predicted octanol–water partition coefficient (Wildman–Crippen LogP) is 0.691. The molecule has 1 aromatic carbocycles. The Morgan fingerprint density at radius 1 is 1.15 bits per heavy atom. The van der Waals surface area contributed by atoms with Gasteiger partial charge in [0.15, 0.2) is 18.1 Å². The Morgan fingerprint density at radius 3 is 2.54 bits per heavy atom. The van der Waals surface area contributed by atoms with Gasteiger partial charge in [0, 0.05) is 36.9 Å². The molecule has 26 heavy (non-hydrogen) atoms. The van der Waals surface area contributed by atoms with E-state index in [9.17, 15) is 9.59 Å². The Hall–Kier alpha value is -3.20. The smallest absolute Gasteiger partial charge is 0.361 e. The lowest BCUT2D eigenvalue weighted by molar-refractivity contribution is -0.119. The van der Waals surface area contributed by atoms with Crippen LogP contribution in [0.25, 0.3) is 0 Å². The second kappa shape index (κ2) is 8.26. The zero-order valence-corrected chi connectivity index (χ0v) is 14.1. The molecule has 0 radical (unpaired) electrons. The van der Waals surface area contributed by atoms with Crippen molar-refractivity contribution in [1.29, 1.82) is 0 Å². The van der Waals surface area contributed by atoms with E-state index in [1.807, 2.05) is 12.1 Å². The number of ether oxygens (including phenoxy) is 2. The van der Waals surface area contributed by atoms with E-state index in [1.165, 1.54) is 12.4 Å². The maximum atomic E-state index is 11.9. The van der Waals surface area contributed by atoms with E-state index >= 15 is 0 Å². The van der Waals surface area contributed by atoms with Gasteiger partial charge in [0.1, 0.15) is 0 Å². The molecule has 0 aliphatic carbocycles. The molecule has 2 heterocycles. The van der Waals surface area contributed by atoms with Gasteiger partial charge in [-0.25, -0.2) is 14.8 Å². The number of nitrogens with one attached hydrogen (secondary N) is 1. The van der Waals surface area contributed by atoms with E-state index < -0.39 is 18.5 Å². The molecule has 0 saturated carbocycles. The standard InChI is InChI=1S/C17H19N5O4/c18-16-15(19-5-6-20-16)17(24)26-11-14(23)21-12-1-3-13(4-2-12)22-7-9-25-10-8-22/h1-6H,7-11H2,(H2,18,20)(H,21,23). The summed E-state index contributed by atoms with van der Waals surface area (Å²) < 4.78 is 10.2. The molecule has 1 amide bonds. The van der Waals surface area contributed by atoms with E-state index in [1.54, 1.807) is 12.1 Å². The van der Waals surface area contributed by atoms with Crippen molar-refractivity contribution in [3.05, 3.63) is 42.4 Å². The van der Waals surface area contributed by atoms with Crippen LogP contribution in [0.3, 0.4) is 0 Å². The summed E-state index contributed by atoms with van der Waals surface area (Å²) in [5, 5.41) is 2.67. The minimum absolute atomic E-state index is 0.0448. The molecular weight excluding hydrogens is 338 g/mol. The minimum atomic E-state index is -0.798. The van der Waals surface area contributed by atoms with Gasteiger partial charge in [-0.2, -0.15) is 0 Å². The number of nitrogen functional groups attached to an aromatic ring is 1. The molecule has 1 saturated heterocycles. The van der Waals surface area contributed by atoms with E-state index in [2.05, 4.69) is 20.2 Å². The number of carbonyl (C=O) groups is 2. The van der Waals surface area contributed by atoms with Gasteiger partial charge in [0.05, 0.1) is 13.2 Å². The first-order valence-corrected chi connectivity index (χ1v) is 8.10. The number of nitrogens with two attached hydrogens (primary N) is 1. The maximum Gasteiger partial charge on any atom is 0.361 e. The van der Waals surface area contributed by atoms with Crippen molar-refractivity contribution < 1.29 is 19.1 Å². The summed E-state index contributed by atoms with van der Waals surface area (Å²) in [5.41, 5.74) is 7.10. The molecule has 3 N–H and O–H groups in total. The molecule has 1 fully saturated rings. The molecule has 0 spiro atoms. The summed E-state index contributed by atoms with van der Waals surface area (Å²) in [4.78, 5) is 33.5. The second-order valence-electron chi connectivity index (χ2n) is 5.56. The Balaban J connectivity index is 1.50. The lowest BCUT2D eigenvalue weighted by Gasteiger charge is -2.28. The average molecular weight is 357 g/mol. The number of hydrogen-bond donors (Lipinski definition) is 2.